The van der Waals surface area contributed by atoms with E-state index in [1.165, 1.54) is 0 Å². The number of anilines is 1. The normalized spacial score (nSPS) is 13.1. The Balaban J connectivity index is 1.96. The van der Waals surface area contributed by atoms with Crippen molar-refractivity contribution in [2.45, 2.75) is 0 Å². The maximum Gasteiger partial charge on any atom is 0.172 e. The highest BCUT2D eigenvalue weighted by Gasteiger charge is 2.24. The Morgan fingerprint density at radius 3 is 2.67 bits per heavy atom. The van der Waals surface area contributed by atoms with Gasteiger partial charge in [0.25, 0.3) is 0 Å². The van der Waals surface area contributed by atoms with Gasteiger partial charge >= 0.3 is 0 Å². The highest BCUT2D eigenvalue weighted by molar-refractivity contribution is 6.35. The molecule has 0 amide bonds. The Hall–Kier alpha value is -2.73. The van der Waals surface area contributed by atoms with Gasteiger partial charge in [-0.3, -0.25) is 4.98 Å². The fourth-order valence-corrected chi connectivity index (χ4v) is 3.02. The number of fused-ring (bicyclic) bond motifs is 2. The molecular formula is C17H14ClN3O3. The third kappa shape index (κ3) is 2.35. The number of ether oxygens (including phenoxy) is 3. The molecule has 0 bridgehead atoms. The maximum atomic E-state index is 6.52. The molecular weight excluding hydrogens is 330 g/mol. The number of halogens is 1. The molecule has 24 heavy (non-hydrogen) atoms. The lowest BCUT2D eigenvalue weighted by atomic mass is 10.1. The van der Waals surface area contributed by atoms with E-state index < -0.39 is 0 Å². The van der Waals surface area contributed by atoms with Crippen LogP contribution in [0, 0.1) is 0 Å². The van der Waals surface area contributed by atoms with Gasteiger partial charge in [-0.25, -0.2) is 4.98 Å². The molecule has 0 unspecified atom stereocenters. The standard InChI is InChI=1S/C17H14ClN3O3/c1-22-12-6-13-17(24-3-2-23-13)15(16(12)18)11-4-9-8-21-14(19)5-10(9)7-20-11/h4-8H,2-3H2,1H3,(H2,19,21). The molecule has 6 nitrogen and oxygen atoms in total. The van der Waals surface area contributed by atoms with Gasteiger partial charge < -0.3 is 19.9 Å². The molecule has 0 aliphatic carbocycles. The summed E-state index contributed by atoms with van der Waals surface area (Å²) < 4.78 is 16.8. The quantitative estimate of drug-likeness (QED) is 0.769. The lowest BCUT2D eigenvalue weighted by Crippen LogP contribution is -2.16. The number of methoxy groups -OCH3 is 1. The second-order valence-corrected chi connectivity index (χ2v) is 5.70. The topological polar surface area (TPSA) is 79.5 Å². The smallest absolute Gasteiger partial charge is 0.172 e. The third-order valence-electron chi connectivity index (χ3n) is 3.84. The van der Waals surface area contributed by atoms with Gasteiger partial charge in [0.1, 0.15) is 24.8 Å². The average molecular weight is 344 g/mol. The van der Waals surface area contributed by atoms with Gasteiger partial charge in [-0.1, -0.05) is 11.6 Å². The molecule has 0 radical (unpaired) electrons. The highest BCUT2D eigenvalue weighted by atomic mass is 35.5. The summed E-state index contributed by atoms with van der Waals surface area (Å²) in [6.07, 6.45) is 3.43. The number of nitrogens with two attached hydrogens (primary N) is 1. The van der Waals surface area contributed by atoms with Crippen molar-refractivity contribution in [3.63, 3.8) is 0 Å². The first-order valence-electron chi connectivity index (χ1n) is 7.35. The molecule has 0 saturated heterocycles. The van der Waals surface area contributed by atoms with Crippen LogP contribution < -0.4 is 19.9 Å². The second kappa shape index (κ2) is 5.72. The van der Waals surface area contributed by atoms with Gasteiger partial charge in [0.2, 0.25) is 0 Å². The van der Waals surface area contributed by atoms with Crippen LogP contribution in [0.5, 0.6) is 17.2 Å². The summed E-state index contributed by atoms with van der Waals surface area (Å²) >= 11 is 6.52. The molecule has 0 fully saturated rings. The van der Waals surface area contributed by atoms with Crippen molar-refractivity contribution in [3.05, 3.63) is 35.6 Å². The predicted molar refractivity (Wildman–Crippen MR) is 91.9 cm³/mol. The molecule has 122 valence electrons. The fourth-order valence-electron chi connectivity index (χ4n) is 2.71. The van der Waals surface area contributed by atoms with E-state index in [-0.39, 0.29) is 0 Å². The third-order valence-corrected chi connectivity index (χ3v) is 4.21. The second-order valence-electron chi connectivity index (χ2n) is 5.32. The van der Waals surface area contributed by atoms with E-state index in [2.05, 4.69) is 9.97 Å². The first-order chi connectivity index (χ1) is 11.7. The molecule has 4 rings (SSSR count). The van der Waals surface area contributed by atoms with E-state index in [0.717, 1.165) is 10.8 Å². The van der Waals surface area contributed by atoms with Gasteiger partial charge in [-0.15, -0.1) is 0 Å². The monoisotopic (exact) mass is 343 g/mol. The molecule has 7 heteroatoms. The van der Waals surface area contributed by atoms with Crippen LogP contribution in [-0.4, -0.2) is 30.3 Å². The molecule has 1 aliphatic heterocycles. The molecule has 0 saturated carbocycles. The number of hydrogen-bond donors (Lipinski definition) is 1. The predicted octanol–water partition coefficient (Wildman–Crippen LogP) is 3.31. The number of nitrogens with zero attached hydrogens (tertiary/aromatic N) is 2. The first kappa shape index (κ1) is 14.8. The van der Waals surface area contributed by atoms with Crippen LogP contribution in [0.1, 0.15) is 0 Å². The summed E-state index contributed by atoms with van der Waals surface area (Å²) in [5.74, 6) is 2.12. The SMILES string of the molecule is COc1cc2c(c(-c3cc4cnc(N)cc4cn3)c1Cl)OCCO2. The van der Waals surface area contributed by atoms with Gasteiger partial charge in [0, 0.05) is 29.2 Å². The van der Waals surface area contributed by atoms with Crippen molar-refractivity contribution in [2.75, 3.05) is 26.1 Å². The first-order valence-corrected chi connectivity index (χ1v) is 7.73. The van der Waals surface area contributed by atoms with Crippen LogP contribution in [0.3, 0.4) is 0 Å². The minimum atomic E-state index is 0.428. The molecule has 1 aliphatic rings. The van der Waals surface area contributed by atoms with Crippen LogP contribution >= 0.6 is 11.6 Å². The number of hydrogen-bond acceptors (Lipinski definition) is 6. The minimum absolute atomic E-state index is 0.428. The van der Waals surface area contributed by atoms with Crippen LogP contribution in [0.4, 0.5) is 5.82 Å². The number of rotatable bonds is 2. The summed E-state index contributed by atoms with van der Waals surface area (Å²) in [7, 11) is 1.56. The summed E-state index contributed by atoms with van der Waals surface area (Å²) in [4.78, 5) is 8.63. The van der Waals surface area contributed by atoms with Crippen LogP contribution in [-0.2, 0) is 0 Å². The summed E-state index contributed by atoms with van der Waals surface area (Å²) in [5.41, 5.74) is 7.01. The van der Waals surface area contributed by atoms with Crippen LogP contribution in [0.2, 0.25) is 5.02 Å². The lowest BCUT2D eigenvalue weighted by molar-refractivity contribution is 0.171. The van der Waals surface area contributed by atoms with Gasteiger partial charge in [0.15, 0.2) is 11.5 Å². The van der Waals surface area contributed by atoms with E-state index in [9.17, 15) is 0 Å². The lowest BCUT2D eigenvalue weighted by Gasteiger charge is -2.23. The van der Waals surface area contributed by atoms with E-state index in [0.29, 0.717) is 52.6 Å². The van der Waals surface area contributed by atoms with E-state index in [1.54, 1.807) is 31.6 Å². The molecule has 1 aromatic carbocycles. The Bertz CT molecular complexity index is 946. The van der Waals surface area contributed by atoms with Crippen molar-refractivity contribution in [1.29, 1.82) is 0 Å². The number of benzene rings is 1. The zero-order valence-corrected chi connectivity index (χ0v) is 13.6. The number of aromatic nitrogens is 2. The number of pyridine rings is 2. The Morgan fingerprint density at radius 1 is 1.08 bits per heavy atom. The summed E-state index contributed by atoms with van der Waals surface area (Å²) in [6.45, 7) is 0.930. The van der Waals surface area contributed by atoms with Crippen molar-refractivity contribution in [1.82, 2.24) is 9.97 Å². The van der Waals surface area contributed by atoms with Gasteiger partial charge in [-0.05, 0) is 12.1 Å². The number of nitrogen functional groups attached to an aromatic ring is 1. The van der Waals surface area contributed by atoms with Gasteiger partial charge in [-0.2, -0.15) is 0 Å². The molecule has 0 spiro atoms. The van der Waals surface area contributed by atoms with Crippen molar-refractivity contribution < 1.29 is 14.2 Å². The Morgan fingerprint density at radius 2 is 1.83 bits per heavy atom. The zero-order valence-electron chi connectivity index (χ0n) is 12.9. The molecule has 2 aromatic heterocycles. The van der Waals surface area contributed by atoms with Crippen molar-refractivity contribution in [3.8, 4) is 28.5 Å². The summed E-state index contributed by atoms with van der Waals surface area (Å²) in [6, 6.07) is 5.39. The molecule has 2 N–H and O–H groups in total. The Kier molecular flexibility index (Phi) is 3.54. The van der Waals surface area contributed by atoms with Gasteiger partial charge in [0.05, 0.1) is 23.4 Å². The van der Waals surface area contributed by atoms with E-state index in [1.807, 2.05) is 6.07 Å². The van der Waals surface area contributed by atoms with E-state index >= 15 is 0 Å². The van der Waals surface area contributed by atoms with Crippen molar-refractivity contribution >= 4 is 28.2 Å². The zero-order chi connectivity index (χ0) is 16.7. The largest absolute Gasteiger partial charge is 0.495 e. The average Bonchev–Trinajstić information content (AvgIpc) is 2.61. The maximum absolute atomic E-state index is 6.52. The summed E-state index contributed by atoms with van der Waals surface area (Å²) in [5, 5.41) is 2.23. The highest BCUT2D eigenvalue weighted by Crippen LogP contribution is 2.48. The van der Waals surface area contributed by atoms with Crippen LogP contribution in [0.25, 0.3) is 22.0 Å². The van der Waals surface area contributed by atoms with E-state index in [4.69, 9.17) is 31.5 Å². The molecule has 0 atom stereocenters. The van der Waals surface area contributed by atoms with Crippen molar-refractivity contribution in [2.24, 2.45) is 0 Å². The molecule has 3 heterocycles. The fraction of sp³-hybridized carbons (Fsp3) is 0.176. The minimum Gasteiger partial charge on any atom is -0.495 e. The van der Waals surface area contributed by atoms with Crippen LogP contribution in [0.15, 0.2) is 30.6 Å². The Labute approximate surface area is 143 Å². The molecule has 3 aromatic rings.